The summed E-state index contributed by atoms with van der Waals surface area (Å²) in [6.45, 7) is 5.79. The number of amides is 1. The summed E-state index contributed by atoms with van der Waals surface area (Å²) in [5, 5.41) is 11.8. The van der Waals surface area contributed by atoms with Crippen molar-refractivity contribution in [2.24, 2.45) is 0 Å². The van der Waals surface area contributed by atoms with E-state index in [0.717, 1.165) is 36.3 Å². The molecule has 0 aromatic heterocycles. The fourth-order valence-corrected chi connectivity index (χ4v) is 4.23. The van der Waals surface area contributed by atoms with Crippen molar-refractivity contribution in [3.63, 3.8) is 0 Å². The molecule has 1 aliphatic rings. The average molecular weight is 485 g/mol. The van der Waals surface area contributed by atoms with Crippen molar-refractivity contribution in [1.82, 2.24) is 9.80 Å². The lowest BCUT2D eigenvalue weighted by molar-refractivity contribution is -0.139. The fourth-order valence-electron chi connectivity index (χ4n) is 4.10. The Morgan fingerprint density at radius 1 is 1.12 bits per heavy atom. The van der Waals surface area contributed by atoms with Crippen LogP contribution in [0.25, 0.3) is 5.76 Å². The molecular formula is C27H33ClN2O4. The third-order valence-electron chi connectivity index (χ3n) is 5.93. The zero-order valence-corrected chi connectivity index (χ0v) is 21.1. The molecule has 1 saturated heterocycles. The van der Waals surface area contributed by atoms with E-state index in [1.807, 2.05) is 25.9 Å². The molecule has 7 heteroatoms. The normalized spacial score (nSPS) is 17.6. The van der Waals surface area contributed by atoms with Crippen molar-refractivity contribution in [1.29, 1.82) is 0 Å². The Bertz CT molecular complexity index is 1060. The molecule has 1 heterocycles. The van der Waals surface area contributed by atoms with Gasteiger partial charge in [0.05, 0.1) is 18.2 Å². The van der Waals surface area contributed by atoms with Gasteiger partial charge in [-0.1, -0.05) is 37.1 Å². The molecule has 2 aromatic rings. The SMILES string of the molecule is CCCCOc1ccc(/C(O)=C2/C(=O)C(=O)N(CCCN(C)C)C2c2ccc(Cl)cc2)cc1C. The van der Waals surface area contributed by atoms with Gasteiger partial charge in [0.25, 0.3) is 11.7 Å². The molecule has 1 fully saturated rings. The number of ketones is 1. The lowest BCUT2D eigenvalue weighted by Crippen LogP contribution is -2.32. The first-order chi connectivity index (χ1) is 16.2. The van der Waals surface area contributed by atoms with Gasteiger partial charge in [-0.05, 0) is 81.9 Å². The molecule has 0 aliphatic carbocycles. The van der Waals surface area contributed by atoms with Gasteiger partial charge in [-0.2, -0.15) is 0 Å². The highest BCUT2D eigenvalue weighted by atomic mass is 35.5. The van der Waals surface area contributed by atoms with Gasteiger partial charge in [-0.15, -0.1) is 0 Å². The van der Waals surface area contributed by atoms with Crippen LogP contribution in [-0.4, -0.2) is 60.4 Å². The third kappa shape index (κ3) is 5.80. The maximum absolute atomic E-state index is 13.1. The van der Waals surface area contributed by atoms with E-state index in [1.165, 1.54) is 0 Å². The minimum Gasteiger partial charge on any atom is -0.507 e. The number of aliphatic hydroxyl groups excluding tert-OH is 1. The fraction of sp³-hybridized carbons (Fsp3) is 0.407. The zero-order chi connectivity index (χ0) is 24.8. The van der Waals surface area contributed by atoms with Gasteiger partial charge in [0.2, 0.25) is 0 Å². The topological polar surface area (TPSA) is 70.1 Å². The van der Waals surface area contributed by atoms with Gasteiger partial charge < -0.3 is 19.6 Å². The second kappa shape index (κ2) is 11.5. The van der Waals surface area contributed by atoms with Crippen LogP contribution in [0.2, 0.25) is 5.02 Å². The Morgan fingerprint density at radius 3 is 2.44 bits per heavy atom. The van der Waals surface area contributed by atoms with Crippen LogP contribution in [0.5, 0.6) is 5.75 Å². The molecule has 182 valence electrons. The molecule has 34 heavy (non-hydrogen) atoms. The van der Waals surface area contributed by atoms with Crippen molar-refractivity contribution in [2.45, 2.75) is 39.2 Å². The Balaban J connectivity index is 2.02. The van der Waals surface area contributed by atoms with Crippen LogP contribution >= 0.6 is 11.6 Å². The molecule has 0 radical (unpaired) electrons. The van der Waals surface area contributed by atoms with E-state index < -0.39 is 17.7 Å². The lowest BCUT2D eigenvalue weighted by atomic mass is 9.94. The Hall–Kier alpha value is -2.83. The van der Waals surface area contributed by atoms with Gasteiger partial charge in [-0.3, -0.25) is 9.59 Å². The average Bonchev–Trinajstić information content (AvgIpc) is 3.05. The summed E-state index contributed by atoms with van der Waals surface area (Å²) in [6, 6.07) is 11.7. The van der Waals surface area contributed by atoms with Gasteiger partial charge >= 0.3 is 0 Å². The highest BCUT2D eigenvalue weighted by molar-refractivity contribution is 6.46. The second-order valence-corrected chi connectivity index (χ2v) is 9.32. The molecule has 1 atom stereocenters. The molecule has 1 aliphatic heterocycles. The Labute approximate surface area is 206 Å². The number of Topliss-reactive ketones (excluding diaryl/α,β-unsaturated/α-hetero) is 1. The standard InChI is InChI=1S/C27H33ClN2O4/c1-5-6-16-34-22-13-10-20(17-18(22)2)25(31)23-24(19-8-11-21(28)12-9-19)30(27(33)26(23)32)15-7-14-29(3)4/h8-13,17,24,31H,5-7,14-16H2,1-4H3/b25-23-. The van der Waals surface area contributed by atoms with Gasteiger partial charge in [0, 0.05) is 17.1 Å². The van der Waals surface area contributed by atoms with Crippen LogP contribution in [0.1, 0.15) is 48.9 Å². The minimum absolute atomic E-state index is 0.0937. The van der Waals surface area contributed by atoms with Crippen molar-refractivity contribution >= 4 is 29.1 Å². The number of ether oxygens (including phenoxy) is 1. The van der Waals surface area contributed by atoms with Crippen molar-refractivity contribution < 1.29 is 19.4 Å². The van der Waals surface area contributed by atoms with E-state index >= 15 is 0 Å². The van der Waals surface area contributed by atoms with E-state index in [-0.39, 0.29) is 11.3 Å². The second-order valence-electron chi connectivity index (χ2n) is 8.88. The quantitative estimate of drug-likeness (QED) is 0.217. The molecule has 2 aromatic carbocycles. The molecule has 0 bridgehead atoms. The largest absolute Gasteiger partial charge is 0.507 e. The molecule has 0 spiro atoms. The van der Waals surface area contributed by atoms with E-state index in [4.69, 9.17) is 16.3 Å². The van der Waals surface area contributed by atoms with Crippen LogP contribution < -0.4 is 4.74 Å². The number of hydrogen-bond donors (Lipinski definition) is 1. The van der Waals surface area contributed by atoms with Crippen LogP contribution in [-0.2, 0) is 9.59 Å². The minimum atomic E-state index is -0.680. The van der Waals surface area contributed by atoms with Crippen molar-refractivity contribution in [3.8, 4) is 5.75 Å². The lowest BCUT2D eigenvalue weighted by Gasteiger charge is -2.26. The number of likely N-dealkylation sites (tertiary alicyclic amines) is 1. The summed E-state index contributed by atoms with van der Waals surface area (Å²) >= 11 is 6.08. The van der Waals surface area contributed by atoms with Gasteiger partial charge in [0.15, 0.2) is 0 Å². The number of halogens is 1. The highest BCUT2D eigenvalue weighted by Crippen LogP contribution is 2.40. The van der Waals surface area contributed by atoms with Gasteiger partial charge in [0.1, 0.15) is 11.5 Å². The van der Waals surface area contributed by atoms with Crippen LogP contribution in [0.3, 0.4) is 0 Å². The number of aryl methyl sites for hydroxylation is 1. The first kappa shape index (κ1) is 25.8. The summed E-state index contributed by atoms with van der Waals surface area (Å²) in [5.74, 6) is -0.722. The number of rotatable bonds is 10. The summed E-state index contributed by atoms with van der Waals surface area (Å²) in [4.78, 5) is 29.7. The number of hydrogen-bond acceptors (Lipinski definition) is 5. The van der Waals surface area contributed by atoms with E-state index in [2.05, 4.69) is 6.92 Å². The van der Waals surface area contributed by atoms with E-state index in [9.17, 15) is 14.7 Å². The smallest absolute Gasteiger partial charge is 0.295 e. The molecule has 6 nitrogen and oxygen atoms in total. The molecular weight excluding hydrogens is 452 g/mol. The summed E-state index contributed by atoms with van der Waals surface area (Å²) in [6.07, 6.45) is 2.70. The summed E-state index contributed by atoms with van der Waals surface area (Å²) in [7, 11) is 3.92. The van der Waals surface area contributed by atoms with Crippen LogP contribution in [0.15, 0.2) is 48.0 Å². The monoisotopic (exact) mass is 484 g/mol. The number of carbonyl (C=O) groups excluding carboxylic acids is 2. The predicted molar refractivity (Wildman–Crippen MR) is 135 cm³/mol. The van der Waals surface area contributed by atoms with E-state index in [1.54, 1.807) is 47.4 Å². The Kier molecular flexibility index (Phi) is 8.75. The van der Waals surface area contributed by atoms with Crippen molar-refractivity contribution in [2.75, 3.05) is 33.8 Å². The number of nitrogens with zero attached hydrogens (tertiary/aromatic N) is 2. The van der Waals surface area contributed by atoms with Crippen LogP contribution in [0, 0.1) is 6.92 Å². The highest BCUT2D eigenvalue weighted by Gasteiger charge is 2.45. The first-order valence-corrected chi connectivity index (χ1v) is 12.0. The summed E-state index contributed by atoms with van der Waals surface area (Å²) in [5.41, 5.74) is 2.15. The maximum atomic E-state index is 13.1. The van der Waals surface area contributed by atoms with Crippen molar-refractivity contribution in [3.05, 3.63) is 69.8 Å². The van der Waals surface area contributed by atoms with E-state index in [0.29, 0.717) is 30.2 Å². The first-order valence-electron chi connectivity index (χ1n) is 11.7. The van der Waals surface area contributed by atoms with Crippen LogP contribution in [0.4, 0.5) is 0 Å². The van der Waals surface area contributed by atoms with Gasteiger partial charge in [-0.25, -0.2) is 0 Å². The molecule has 1 amide bonds. The predicted octanol–water partition coefficient (Wildman–Crippen LogP) is 5.20. The molecule has 1 unspecified atom stereocenters. The zero-order valence-electron chi connectivity index (χ0n) is 20.3. The number of carbonyl (C=O) groups is 2. The number of benzene rings is 2. The summed E-state index contributed by atoms with van der Waals surface area (Å²) < 4.78 is 5.81. The third-order valence-corrected chi connectivity index (χ3v) is 6.19. The molecule has 3 rings (SSSR count). The molecule has 1 N–H and O–H groups in total. The molecule has 0 saturated carbocycles. The number of unbranched alkanes of at least 4 members (excludes halogenated alkanes) is 1. The Morgan fingerprint density at radius 2 is 1.82 bits per heavy atom. The maximum Gasteiger partial charge on any atom is 0.295 e. The number of aliphatic hydroxyl groups is 1.